The van der Waals surface area contributed by atoms with Crippen LogP contribution in [0.4, 0.5) is 16.5 Å². The fraction of sp³-hybridized carbons (Fsp3) is 0.400. The molecule has 4 rings (SSSR count). The molecule has 0 atom stereocenters. The van der Waals surface area contributed by atoms with E-state index in [1.807, 2.05) is 24.0 Å². The SMILES string of the molecule is CCN(CC)c1ccc(C)c(N(COCC[Si](C)(C)C)c2nc(-c3ccc(-n4cnc(C)c4)cc3)cs2)c1. The van der Waals surface area contributed by atoms with Gasteiger partial charge in [0, 0.05) is 56.3 Å². The molecule has 2 aromatic heterocycles. The molecule has 38 heavy (non-hydrogen) atoms. The van der Waals surface area contributed by atoms with Crippen molar-refractivity contribution < 1.29 is 4.74 Å². The minimum Gasteiger partial charge on any atom is -0.372 e. The smallest absolute Gasteiger partial charge is 0.192 e. The quantitative estimate of drug-likeness (QED) is 0.102. The van der Waals surface area contributed by atoms with E-state index in [0.717, 1.165) is 59.2 Å². The molecular formula is C30H41N5OSSi. The molecule has 0 bridgehead atoms. The summed E-state index contributed by atoms with van der Waals surface area (Å²) in [5.74, 6) is 0. The predicted molar refractivity (Wildman–Crippen MR) is 165 cm³/mol. The lowest BCUT2D eigenvalue weighted by Crippen LogP contribution is -2.26. The first-order chi connectivity index (χ1) is 18.2. The summed E-state index contributed by atoms with van der Waals surface area (Å²) in [6.07, 6.45) is 3.88. The maximum Gasteiger partial charge on any atom is 0.192 e. The van der Waals surface area contributed by atoms with Gasteiger partial charge in [-0.1, -0.05) is 37.8 Å². The number of ether oxygens (including phenoxy) is 1. The first-order valence-corrected chi connectivity index (χ1v) is 18.0. The van der Waals surface area contributed by atoms with Crippen LogP contribution in [0.15, 0.2) is 60.4 Å². The highest BCUT2D eigenvalue weighted by Crippen LogP contribution is 2.36. The van der Waals surface area contributed by atoms with Gasteiger partial charge < -0.3 is 14.2 Å². The maximum atomic E-state index is 6.28. The minimum absolute atomic E-state index is 0.485. The van der Waals surface area contributed by atoms with Crippen LogP contribution in [0.3, 0.4) is 0 Å². The van der Waals surface area contributed by atoms with E-state index >= 15 is 0 Å². The van der Waals surface area contributed by atoms with Gasteiger partial charge >= 0.3 is 0 Å². The molecule has 0 saturated carbocycles. The van der Waals surface area contributed by atoms with E-state index in [1.54, 1.807) is 11.3 Å². The second-order valence-electron chi connectivity index (χ2n) is 10.9. The number of aryl methyl sites for hydroxylation is 2. The fourth-order valence-electron chi connectivity index (χ4n) is 4.32. The van der Waals surface area contributed by atoms with Gasteiger partial charge in [-0.05, 0) is 63.6 Å². The molecule has 0 N–H and O–H groups in total. The Labute approximate surface area is 232 Å². The molecule has 0 aliphatic heterocycles. The average Bonchev–Trinajstić information content (AvgIpc) is 3.55. The van der Waals surface area contributed by atoms with E-state index < -0.39 is 8.07 Å². The lowest BCUT2D eigenvalue weighted by Gasteiger charge is -2.27. The summed E-state index contributed by atoms with van der Waals surface area (Å²) in [6, 6.07) is 16.3. The van der Waals surface area contributed by atoms with Gasteiger partial charge in [-0.25, -0.2) is 9.97 Å². The Morgan fingerprint density at radius 3 is 2.37 bits per heavy atom. The Bertz CT molecular complexity index is 1320. The summed E-state index contributed by atoms with van der Waals surface area (Å²) in [7, 11) is -1.17. The van der Waals surface area contributed by atoms with E-state index in [4.69, 9.17) is 9.72 Å². The highest BCUT2D eigenvalue weighted by atomic mass is 32.1. The Hall–Kier alpha value is -2.94. The number of benzene rings is 2. The molecule has 6 nitrogen and oxygen atoms in total. The summed E-state index contributed by atoms with van der Waals surface area (Å²) in [5, 5.41) is 3.09. The number of rotatable bonds is 12. The van der Waals surface area contributed by atoms with Crippen molar-refractivity contribution in [1.29, 1.82) is 0 Å². The van der Waals surface area contributed by atoms with Gasteiger partial charge in [0.05, 0.1) is 23.4 Å². The second kappa shape index (κ2) is 12.3. The van der Waals surface area contributed by atoms with Gasteiger partial charge in [-0.15, -0.1) is 11.3 Å². The summed E-state index contributed by atoms with van der Waals surface area (Å²) >= 11 is 1.66. The van der Waals surface area contributed by atoms with Crippen molar-refractivity contribution >= 4 is 35.9 Å². The van der Waals surface area contributed by atoms with Crippen molar-refractivity contribution in [3.8, 4) is 16.9 Å². The third kappa shape index (κ3) is 6.92. The third-order valence-corrected chi connectivity index (χ3v) is 9.29. The monoisotopic (exact) mass is 547 g/mol. The lowest BCUT2D eigenvalue weighted by atomic mass is 10.1. The van der Waals surface area contributed by atoms with Crippen LogP contribution in [0, 0.1) is 13.8 Å². The van der Waals surface area contributed by atoms with E-state index in [1.165, 1.54) is 11.3 Å². The molecule has 2 heterocycles. The van der Waals surface area contributed by atoms with E-state index in [2.05, 4.69) is 103 Å². The van der Waals surface area contributed by atoms with Crippen molar-refractivity contribution in [1.82, 2.24) is 14.5 Å². The number of nitrogens with zero attached hydrogens (tertiary/aromatic N) is 5. The first kappa shape index (κ1) is 28.1. The van der Waals surface area contributed by atoms with Crippen LogP contribution in [-0.4, -0.2) is 49.0 Å². The van der Waals surface area contributed by atoms with E-state index in [9.17, 15) is 0 Å². The van der Waals surface area contributed by atoms with Gasteiger partial charge in [0.1, 0.15) is 6.73 Å². The van der Waals surface area contributed by atoms with Crippen LogP contribution in [-0.2, 0) is 4.74 Å². The Balaban J connectivity index is 1.62. The van der Waals surface area contributed by atoms with Crippen LogP contribution >= 0.6 is 11.3 Å². The summed E-state index contributed by atoms with van der Waals surface area (Å²) in [5.41, 5.74) is 7.76. The zero-order valence-electron chi connectivity index (χ0n) is 23.9. The van der Waals surface area contributed by atoms with Gasteiger partial charge in [0.2, 0.25) is 0 Å². The van der Waals surface area contributed by atoms with Crippen LogP contribution in [0.2, 0.25) is 25.7 Å². The number of anilines is 3. The number of hydrogen-bond acceptors (Lipinski definition) is 6. The molecule has 0 spiro atoms. The van der Waals surface area contributed by atoms with Crippen LogP contribution in [0.1, 0.15) is 25.1 Å². The molecule has 202 valence electrons. The molecule has 0 amide bonds. The number of aromatic nitrogens is 3. The van der Waals surface area contributed by atoms with Crippen molar-refractivity contribution in [2.24, 2.45) is 0 Å². The molecule has 0 radical (unpaired) electrons. The van der Waals surface area contributed by atoms with Crippen molar-refractivity contribution in [3.63, 3.8) is 0 Å². The van der Waals surface area contributed by atoms with Crippen LogP contribution in [0.25, 0.3) is 16.9 Å². The maximum absolute atomic E-state index is 6.28. The topological polar surface area (TPSA) is 46.4 Å². The molecule has 0 aliphatic carbocycles. The molecule has 0 aliphatic rings. The van der Waals surface area contributed by atoms with Gasteiger partial charge in [0.25, 0.3) is 0 Å². The predicted octanol–water partition coefficient (Wildman–Crippen LogP) is 7.91. The fourth-order valence-corrected chi connectivity index (χ4v) is 5.92. The van der Waals surface area contributed by atoms with Gasteiger partial charge in [-0.2, -0.15) is 0 Å². The summed E-state index contributed by atoms with van der Waals surface area (Å²) in [4.78, 5) is 14.0. The Morgan fingerprint density at radius 1 is 1.00 bits per heavy atom. The molecule has 0 unspecified atom stereocenters. The zero-order valence-corrected chi connectivity index (χ0v) is 25.7. The van der Waals surface area contributed by atoms with Gasteiger partial charge in [-0.3, -0.25) is 4.90 Å². The number of thiazole rings is 1. The lowest BCUT2D eigenvalue weighted by molar-refractivity contribution is 0.153. The highest BCUT2D eigenvalue weighted by Gasteiger charge is 2.19. The first-order valence-electron chi connectivity index (χ1n) is 13.5. The largest absolute Gasteiger partial charge is 0.372 e. The number of imidazole rings is 1. The zero-order chi connectivity index (χ0) is 27.3. The normalized spacial score (nSPS) is 11.7. The third-order valence-electron chi connectivity index (χ3n) is 6.72. The number of hydrogen-bond donors (Lipinski definition) is 0. The molecule has 0 fully saturated rings. The summed E-state index contributed by atoms with van der Waals surface area (Å²) < 4.78 is 8.31. The summed E-state index contributed by atoms with van der Waals surface area (Å²) in [6.45, 7) is 18.9. The molecule has 8 heteroatoms. The molecule has 2 aromatic carbocycles. The van der Waals surface area contributed by atoms with Gasteiger partial charge in [0.15, 0.2) is 5.13 Å². The van der Waals surface area contributed by atoms with E-state index in [-0.39, 0.29) is 0 Å². The van der Waals surface area contributed by atoms with E-state index in [0.29, 0.717) is 6.73 Å². The van der Waals surface area contributed by atoms with Crippen molar-refractivity contribution in [2.75, 3.05) is 36.2 Å². The second-order valence-corrected chi connectivity index (χ2v) is 17.4. The van der Waals surface area contributed by atoms with Crippen LogP contribution in [0.5, 0.6) is 0 Å². The van der Waals surface area contributed by atoms with Crippen LogP contribution < -0.4 is 9.80 Å². The average molecular weight is 548 g/mol. The molecule has 0 saturated heterocycles. The molecular weight excluding hydrogens is 507 g/mol. The highest BCUT2D eigenvalue weighted by molar-refractivity contribution is 7.14. The Kier molecular flexibility index (Phi) is 9.07. The Morgan fingerprint density at radius 2 is 1.74 bits per heavy atom. The standard InChI is InChI=1S/C30H41N5OSSi/c1-8-33(9-2)27-13-10-23(3)29(18-27)35(22-36-16-17-38(5,6)7)30-32-28(20-37-30)25-11-14-26(15-12-25)34-19-24(4)31-21-34/h10-15,18-21H,8-9,16-17,22H2,1-7H3. The van der Waals surface area contributed by atoms with Crippen molar-refractivity contribution in [2.45, 2.75) is 53.4 Å². The minimum atomic E-state index is -1.17. The van der Waals surface area contributed by atoms with Crippen molar-refractivity contribution in [3.05, 3.63) is 71.6 Å². The molecule has 4 aromatic rings.